The summed E-state index contributed by atoms with van der Waals surface area (Å²) in [6.45, 7) is 3.30. The van der Waals surface area contributed by atoms with E-state index in [0.717, 1.165) is 16.9 Å². The van der Waals surface area contributed by atoms with E-state index in [4.69, 9.17) is 17.1 Å². The van der Waals surface area contributed by atoms with Crippen LogP contribution in [0.2, 0.25) is 0 Å². The molecule has 2 aromatic rings. The summed E-state index contributed by atoms with van der Waals surface area (Å²) in [5.41, 5.74) is 2.25. The minimum atomic E-state index is -0.284. The summed E-state index contributed by atoms with van der Waals surface area (Å²) in [7, 11) is 0. The van der Waals surface area contributed by atoms with E-state index in [9.17, 15) is 4.79 Å². The van der Waals surface area contributed by atoms with Gasteiger partial charge in [0.25, 0.3) is 0 Å². The number of carbonyl (C=O) groups excluding carboxylic acids is 1. The summed E-state index contributed by atoms with van der Waals surface area (Å²) >= 11 is 6.97. The van der Waals surface area contributed by atoms with Crippen LogP contribution in [0.3, 0.4) is 0 Å². The minimum absolute atomic E-state index is 0.0712. The second kappa shape index (κ2) is 8.10. The largest absolute Gasteiger partial charge is 0.297 e. The van der Waals surface area contributed by atoms with Gasteiger partial charge in [-0.25, -0.2) is 0 Å². The zero-order valence-corrected chi connectivity index (χ0v) is 16.8. The summed E-state index contributed by atoms with van der Waals surface area (Å²) in [4.78, 5) is 21.3. The van der Waals surface area contributed by atoms with Crippen molar-refractivity contribution in [1.29, 1.82) is 0 Å². The standard InChI is InChI=1S/C21H22N2O2S2/c1-15-18(20(24)22-12-13-27-21(22)26)19(17-10-6-3-7-11-17)23(25-15)14-16-8-4-2-5-9-16/h2-11,15,18-19H,12-14H2,1H3/t15-,18-,19+/m0/s1. The lowest BCUT2D eigenvalue weighted by Crippen LogP contribution is -2.41. The fourth-order valence-corrected chi connectivity index (χ4v) is 5.03. The van der Waals surface area contributed by atoms with Crippen LogP contribution in [0, 0.1) is 5.92 Å². The molecule has 0 radical (unpaired) electrons. The fraction of sp³-hybridized carbons (Fsp3) is 0.333. The Hall–Kier alpha value is -1.73. The minimum Gasteiger partial charge on any atom is -0.297 e. The highest BCUT2D eigenvalue weighted by Crippen LogP contribution is 2.42. The molecule has 2 heterocycles. The van der Waals surface area contributed by atoms with Gasteiger partial charge in [-0.05, 0) is 18.1 Å². The first-order valence-electron chi connectivity index (χ1n) is 9.15. The Labute approximate surface area is 169 Å². The Balaban J connectivity index is 1.66. The Morgan fingerprint density at radius 3 is 2.44 bits per heavy atom. The maximum Gasteiger partial charge on any atom is 0.235 e. The number of hydrogen-bond donors (Lipinski definition) is 0. The number of hydroxylamine groups is 2. The van der Waals surface area contributed by atoms with E-state index < -0.39 is 0 Å². The Kier molecular flexibility index (Phi) is 5.59. The Morgan fingerprint density at radius 1 is 1.15 bits per heavy atom. The first-order chi connectivity index (χ1) is 13.1. The lowest BCUT2D eigenvalue weighted by atomic mass is 9.88. The highest BCUT2D eigenvalue weighted by atomic mass is 32.2. The maximum absolute atomic E-state index is 13.4. The highest BCUT2D eigenvalue weighted by Gasteiger charge is 2.48. The van der Waals surface area contributed by atoms with Crippen molar-refractivity contribution < 1.29 is 9.63 Å². The van der Waals surface area contributed by atoms with Crippen LogP contribution in [0.4, 0.5) is 0 Å². The molecule has 6 heteroatoms. The van der Waals surface area contributed by atoms with Crippen molar-refractivity contribution in [3.63, 3.8) is 0 Å². The van der Waals surface area contributed by atoms with E-state index in [1.165, 1.54) is 0 Å². The zero-order chi connectivity index (χ0) is 18.8. The number of amides is 1. The summed E-state index contributed by atoms with van der Waals surface area (Å²) in [6.07, 6.45) is -0.209. The van der Waals surface area contributed by atoms with Crippen molar-refractivity contribution >= 4 is 34.2 Å². The first kappa shape index (κ1) is 18.6. The SMILES string of the molecule is C[C@@H]1ON(Cc2ccccc2)[C@H](c2ccccc2)[C@H]1C(=O)N1CCSC1=S. The number of benzene rings is 2. The highest BCUT2D eigenvalue weighted by molar-refractivity contribution is 8.23. The summed E-state index contributed by atoms with van der Waals surface area (Å²) < 4.78 is 0.681. The second-order valence-corrected chi connectivity index (χ2v) is 8.59. The molecule has 140 valence electrons. The molecule has 0 spiro atoms. The lowest BCUT2D eigenvalue weighted by Gasteiger charge is -2.28. The lowest BCUT2D eigenvalue weighted by molar-refractivity contribution is -0.166. The third-order valence-electron chi connectivity index (χ3n) is 5.09. The van der Waals surface area contributed by atoms with Gasteiger partial charge in [0.1, 0.15) is 4.32 Å². The van der Waals surface area contributed by atoms with Crippen LogP contribution in [-0.2, 0) is 16.2 Å². The number of carbonyl (C=O) groups is 1. The molecular weight excluding hydrogens is 376 g/mol. The molecule has 3 atom stereocenters. The van der Waals surface area contributed by atoms with Crippen molar-refractivity contribution in [1.82, 2.24) is 9.96 Å². The molecule has 2 aliphatic heterocycles. The van der Waals surface area contributed by atoms with Crippen molar-refractivity contribution in [2.24, 2.45) is 5.92 Å². The topological polar surface area (TPSA) is 32.8 Å². The van der Waals surface area contributed by atoms with Crippen LogP contribution in [0.25, 0.3) is 0 Å². The first-order valence-corrected chi connectivity index (χ1v) is 10.5. The monoisotopic (exact) mass is 398 g/mol. The Bertz CT molecular complexity index is 815. The van der Waals surface area contributed by atoms with Crippen LogP contribution in [0.1, 0.15) is 24.1 Å². The third-order valence-corrected chi connectivity index (χ3v) is 6.52. The second-order valence-electron chi connectivity index (χ2n) is 6.86. The molecule has 4 rings (SSSR count). The van der Waals surface area contributed by atoms with Crippen molar-refractivity contribution in [2.75, 3.05) is 12.3 Å². The molecular formula is C21H22N2O2S2. The van der Waals surface area contributed by atoms with E-state index in [2.05, 4.69) is 24.3 Å². The van der Waals surface area contributed by atoms with Crippen LogP contribution in [-0.4, -0.2) is 38.6 Å². The van der Waals surface area contributed by atoms with Crippen molar-refractivity contribution in [3.05, 3.63) is 71.8 Å². The molecule has 1 amide bonds. The van der Waals surface area contributed by atoms with E-state index in [1.807, 2.05) is 48.4 Å². The van der Waals surface area contributed by atoms with Crippen LogP contribution in [0.5, 0.6) is 0 Å². The van der Waals surface area contributed by atoms with E-state index in [-0.39, 0.29) is 24.0 Å². The van der Waals surface area contributed by atoms with Crippen LogP contribution >= 0.6 is 24.0 Å². The maximum atomic E-state index is 13.4. The normalized spacial score (nSPS) is 25.9. The van der Waals surface area contributed by atoms with Gasteiger partial charge in [-0.2, -0.15) is 5.06 Å². The molecule has 0 aliphatic carbocycles. The van der Waals surface area contributed by atoms with Gasteiger partial charge in [0.05, 0.1) is 18.1 Å². The molecule has 0 bridgehead atoms. The molecule has 4 nitrogen and oxygen atoms in total. The molecule has 2 saturated heterocycles. The van der Waals surface area contributed by atoms with E-state index in [0.29, 0.717) is 17.4 Å². The van der Waals surface area contributed by atoms with Gasteiger partial charge < -0.3 is 0 Å². The van der Waals surface area contributed by atoms with Crippen molar-refractivity contribution in [3.8, 4) is 0 Å². The van der Waals surface area contributed by atoms with Gasteiger partial charge in [0.15, 0.2) is 0 Å². The number of rotatable bonds is 4. The van der Waals surface area contributed by atoms with Gasteiger partial charge in [0.2, 0.25) is 5.91 Å². The number of hydrogen-bond acceptors (Lipinski definition) is 5. The molecule has 2 aliphatic rings. The fourth-order valence-electron chi connectivity index (χ4n) is 3.81. The predicted molar refractivity (Wildman–Crippen MR) is 112 cm³/mol. The smallest absolute Gasteiger partial charge is 0.235 e. The number of nitrogens with zero attached hydrogens (tertiary/aromatic N) is 2. The summed E-state index contributed by atoms with van der Waals surface area (Å²) in [5, 5.41) is 1.96. The van der Waals surface area contributed by atoms with Crippen molar-refractivity contribution in [2.45, 2.75) is 25.6 Å². The number of thiocarbonyl (C=S) groups is 1. The molecule has 0 N–H and O–H groups in total. The predicted octanol–water partition coefficient (Wildman–Crippen LogP) is 4.04. The van der Waals surface area contributed by atoms with E-state index >= 15 is 0 Å². The van der Waals surface area contributed by atoms with Gasteiger partial charge in [0, 0.05) is 18.8 Å². The average Bonchev–Trinajstić information content (AvgIpc) is 3.25. The third kappa shape index (κ3) is 3.80. The molecule has 0 saturated carbocycles. The van der Waals surface area contributed by atoms with E-state index in [1.54, 1.807) is 16.7 Å². The van der Waals surface area contributed by atoms with Gasteiger partial charge >= 0.3 is 0 Å². The molecule has 27 heavy (non-hydrogen) atoms. The molecule has 0 aromatic heterocycles. The van der Waals surface area contributed by atoms with Gasteiger partial charge in [-0.3, -0.25) is 14.5 Å². The summed E-state index contributed by atoms with van der Waals surface area (Å²) in [6, 6.07) is 20.2. The van der Waals surface area contributed by atoms with Gasteiger partial charge in [-0.1, -0.05) is 84.6 Å². The zero-order valence-electron chi connectivity index (χ0n) is 15.2. The average molecular weight is 399 g/mol. The quantitative estimate of drug-likeness (QED) is 0.726. The summed E-state index contributed by atoms with van der Waals surface area (Å²) in [5.74, 6) is 0.658. The molecule has 0 unspecified atom stereocenters. The Morgan fingerprint density at radius 2 is 1.81 bits per heavy atom. The molecule has 2 aromatic carbocycles. The van der Waals surface area contributed by atoms with Crippen LogP contribution < -0.4 is 0 Å². The van der Waals surface area contributed by atoms with Crippen LogP contribution in [0.15, 0.2) is 60.7 Å². The number of thioether (sulfide) groups is 1. The van der Waals surface area contributed by atoms with Gasteiger partial charge in [-0.15, -0.1) is 0 Å². The molecule has 2 fully saturated rings.